The molecule has 1 rings (SSSR count). The number of halogens is 1. The van der Waals surface area contributed by atoms with Gasteiger partial charge in [0.2, 0.25) is 6.41 Å². The summed E-state index contributed by atoms with van der Waals surface area (Å²) in [5.41, 5.74) is 2.36. The van der Waals surface area contributed by atoms with Crippen molar-refractivity contribution in [1.29, 1.82) is 0 Å². The molecule has 0 aliphatic carbocycles. The summed E-state index contributed by atoms with van der Waals surface area (Å²) in [6, 6.07) is 0.341. The number of amides is 1. The van der Waals surface area contributed by atoms with Crippen molar-refractivity contribution in [1.82, 2.24) is 15.1 Å². The Labute approximate surface area is 257 Å². The van der Waals surface area contributed by atoms with E-state index in [1.165, 1.54) is 11.6 Å². The highest BCUT2D eigenvalue weighted by Crippen LogP contribution is 2.18. The molecule has 2 atom stereocenters. The van der Waals surface area contributed by atoms with E-state index in [1.807, 2.05) is 65.8 Å². The Morgan fingerprint density at radius 2 is 1.74 bits per heavy atom. The number of carbonyl (C=O) groups is 1. The number of methoxy groups -OCH3 is 1. The zero-order chi connectivity index (χ0) is 32.0. The van der Waals surface area contributed by atoms with Crippen molar-refractivity contribution in [2.75, 3.05) is 59.7 Å². The average molecular weight is 590 g/mol. The Bertz CT molecular complexity index is 854. The minimum Gasteiger partial charge on any atom is -0.493 e. The number of rotatable bonds is 19. The molecule has 7 heteroatoms. The van der Waals surface area contributed by atoms with E-state index in [0.717, 1.165) is 57.5 Å². The Morgan fingerprint density at radius 1 is 1.05 bits per heavy atom. The van der Waals surface area contributed by atoms with E-state index in [2.05, 4.69) is 46.8 Å². The number of nitrogens with one attached hydrogen (secondary N) is 1. The third kappa shape index (κ3) is 20.2. The van der Waals surface area contributed by atoms with Crippen LogP contribution < -0.4 is 5.32 Å². The molecule has 1 aliphatic heterocycles. The van der Waals surface area contributed by atoms with Gasteiger partial charge in [0.25, 0.3) is 0 Å². The van der Waals surface area contributed by atoms with Crippen molar-refractivity contribution in [3.63, 3.8) is 0 Å². The van der Waals surface area contributed by atoms with E-state index < -0.39 is 6.67 Å². The maximum Gasteiger partial charge on any atom is 0.207 e. The first kappa shape index (κ1) is 41.4. The van der Waals surface area contributed by atoms with Gasteiger partial charge in [0, 0.05) is 45.9 Å². The van der Waals surface area contributed by atoms with Gasteiger partial charge in [-0.1, -0.05) is 88.5 Å². The molecular formula is C35H60FN3O3. The van der Waals surface area contributed by atoms with Gasteiger partial charge in [0.05, 0.1) is 12.6 Å². The lowest BCUT2D eigenvalue weighted by Gasteiger charge is -2.38. The Hall–Kier alpha value is -2.74. The zero-order valence-electron chi connectivity index (χ0n) is 27.8. The van der Waals surface area contributed by atoms with E-state index >= 15 is 0 Å². The molecule has 0 aromatic rings. The van der Waals surface area contributed by atoms with E-state index in [4.69, 9.17) is 9.47 Å². The van der Waals surface area contributed by atoms with Gasteiger partial charge in [-0.15, -0.1) is 0 Å². The first-order valence-electron chi connectivity index (χ1n) is 15.5. The molecule has 0 spiro atoms. The average Bonchev–Trinajstić information content (AvgIpc) is 3.03. The van der Waals surface area contributed by atoms with Gasteiger partial charge in [-0.25, -0.2) is 4.39 Å². The molecule has 1 amide bonds. The Morgan fingerprint density at radius 3 is 2.31 bits per heavy atom. The summed E-state index contributed by atoms with van der Waals surface area (Å²) >= 11 is 0. The highest BCUT2D eigenvalue weighted by atomic mass is 19.1. The molecule has 240 valence electrons. The van der Waals surface area contributed by atoms with Crippen LogP contribution in [-0.2, 0) is 14.3 Å². The van der Waals surface area contributed by atoms with Gasteiger partial charge in [0.15, 0.2) is 0 Å². The summed E-state index contributed by atoms with van der Waals surface area (Å²) in [7, 11) is 1.71. The summed E-state index contributed by atoms with van der Waals surface area (Å²) in [6.45, 7) is 23.5. The third-order valence-corrected chi connectivity index (χ3v) is 6.50. The van der Waals surface area contributed by atoms with Gasteiger partial charge >= 0.3 is 0 Å². The van der Waals surface area contributed by atoms with Crippen LogP contribution >= 0.6 is 0 Å². The minimum absolute atomic E-state index is 0.0820. The van der Waals surface area contributed by atoms with Crippen molar-refractivity contribution in [2.45, 2.75) is 73.4 Å². The largest absolute Gasteiger partial charge is 0.493 e. The smallest absolute Gasteiger partial charge is 0.207 e. The fraction of sp³-hybridized carbons (Fsp3) is 0.571. The fourth-order valence-corrected chi connectivity index (χ4v) is 4.20. The Kier molecular flexibility index (Phi) is 29.3. The molecule has 1 N–H and O–H groups in total. The van der Waals surface area contributed by atoms with Crippen molar-refractivity contribution in [2.24, 2.45) is 0 Å². The number of alkyl halides is 1. The third-order valence-electron chi connectivity index (χ3n) is 6.50. The highest BCUT2D eigenvalue weighted by Gasteiger charge is 2.21. The summed E-state index contributed by atoms with van der Waals surface area (Å²) in [4.78, 5) is 15.9. The van der Waals surface area contributed by atoms with Crippen LogP contribution in [0, 0.1) is 0 Å². The second-order valence-corrected chi connectivity index (χ2v) is 9.24. The summed E-state index contributed by atoms with van der Waals surface area (Å²) in [5.74, 6) is 0.713. The molecular weight excluding hydrogens is 529 g/mol. The normalized spacial score (nSPS) is 16.9. The van der Waals surface area contributed by atoms with E-state index in [1.54, 1.807) is 19.3 Å². The van der Waals surface area contributed by atoms with E-state index in [0.29, 0.717) is 25.0 Å². The first-order chi connectivity index (χ1) is 20.5. The minimum atomic E-state index is -0.483. The summed E-state index contributed by atoms with van der Waals surface area (Å²) in [5, 5.41) is 2.82. The number of allylic oxidation sites excluding steroid dienone is 8. The highest BCUT2D eigenvalue weighted by molar-refractivity contribution is 5.49. The lowest BCUT2D eigenvalue weighted by atomic mass is 10.0. The molecule has 0 radical (unpaired) electrons. The van der Waals surface area contributed by atoms with Gasteiger partial charge < -0.3 is 14.8 Å². The number of piperazine rings is 1. The second-order valence-electron chi connectivity index (χ2n) is 9.24. The summed E-state index contributed by atoms with van der Waals surface area (Å²) in [6.07, 6.45) is 21.5. The van der Waals surface area contributed by atoms with Crippen LogP contribution in [0.2, 0.25) is 0 Å². The number of ether oxygens (including phenoxy) is 2. The predicted molar refractivity (Wildman–Crippen MR) is 179 cm³/mol. The van der Waals surface area contributed by atoms with Crippen LogP contribution in [0.25, 0.3) is 0 Å². The lowest BCUT2D eigenvalue weighted by molar-refractivity contribution is -0.109. The quantitative estimate of drug-likeness (QED) is 0.0747. The topological polar surface area (TPSA) is 54.0 Å². The monoisotopic (exact) mass is 589 g/mol. The van der Waals surface area contributed by atoms with Gasteiger partial charge in [-0.2, -0.15) is 0 Å². The maximum absolute atomic E-state index is 12.3. The maximum atomic E-state index is 12.3. The van der Waals surface area contributed by atoms with Crippen LogP contribution in [0.1, 0.15) is 61.3 Å². The molecule has 0 aromatic heterocycles. The molecule has 1 saturated heterocycles. The lowest BCUT2D eigenvalue weighted by Crippen LogP contribution is -2.50. The summed E-state index contributed by atoms with van der Waals surface area (Å²) < 4.78 is 23.4. The molecule has 0 bridgehead atoms. The molecule has 2 unspecified atom stereocenters. The fourth-order valence-electron chi connectivity index (χ4n) is 4.20. The number of hydrogen-bond acceptors (Lipinski definition) is 5. The van der Waals surface area contributed by atoms with Crippen molar-refractivity contribution >= 4 is 6.41 Å². The predicted octanol–water partition coefficient (Wildman–Crippen LogP) is 7.20. The van der Waals surface area contributed by atoms with E-state index in [-0.39, 0.29) is 6.04 Å². The van der Waals surface area contributed by atoms with Gasteiger partial charge in [-0.3, -0.25) is 14.6 Å². The van der Waals surface area contributed by atoms with Crippen molar-refractivity contribution in [3.8, 4) is 0 Å². The van der Waals surface area contributed by atoms with Crippen molar-refractivity contribution in [3.05, 3.63) is 84.2 Å². The SMILES string of the molecule is C=C\C=C/C=C(/C=C\C/C(=C/COC)CC(C)N1CCN(CCOC(/C=C\CF)=C/C)CC1)C(C)NC=O.CC.CC. The molecule has 1 aliphatic rings. The molecule has 42 heavy (non-hydrogen) atoms. The molecule has 1 heterocycles. The number of nitrogens with zero attached hydrogens (tertiary/aromatic N) is 2. The molecule has 0 aromatic carbocycles. The van der Waals surface area contributed by atoms with Gasteiger partial charge in [0.1, 0.15) is 19.0 Å². The van der Waals surface area contributed by atoms with E-state index in [9.17, 15) is 9.18 Å². The number of hydrogen-bond donors (Lipinski definition) is 1. The van der Waals surface area contributed by atoms with Crippen molar-refractivity contribution < 1.29 is 18.7 Å². The first-order valence-corrected chi connectivity index (χ1v) is 15.5. The number of carbonyl (C=O) groups excluding carboxylic acids is 1. The molecule has 1 fully saturated rings. The van der Waals surface area contributed by atoms with Crippen LogP contribution in [0.3, 0.4) is 0 Å². The van der Waals surface area contributed by atoms with Crippen LogP contribution in [0.4, 0.5) is 4.39 Å². The van der Waals surface area contributed by atoms with Crippen LogP contribution in [0.5, 0.6) is 0 Å². The second kappa shape index (κ2) is 29.7. The Balaban J connectivity index is 0. The standard InChI is InChI=1S/C31H48FN3O3.2C2H6/c1-6-8-9-13-30(28(4)33-26-36)14-10-12-29(16-23-37-5)25-27(3)35-20-18-34(19-21-35)22-24-38-31(7-2)15-11-17-32;2*1-2/h6-11,13-16,26-28H,1,12,17-25H2,2-5H3,(H,33,36);2*1-2H3/b9-8-,14-10-,15-11-,29-16-,30-13-,31-7+;;. The van der Waals surface area contributed by atoms with Crippen LogP contribution in [-0.4, -0.2) is 88.0 Å². The van der Waals surface area contributed by atoms with Crippen LogP contribution in [0.15, 0.2) is 84.2 Å². The molecule has 6 nitrogen and oxygen atoms in total. The zero-order valence-corrected chi connectivity index (χ0v) is 27.8. The molecule has 0 saturated carbocycles. The van der Waals surface area contributed by atoms with Gasteiger partial charge in [-0.05, 0) is 51.3 Å².